The van der Waals surface area contributed by atoms with E-state index in [1.165, 1.54) is 19.3 Å². The number of ether oxygens (including phenoxy) is 1. The Morgan fingerprint density at radius 2 is 2.00 bits per heavy atom. The lowest BCUT2D eigenvalue weighted by Gasteiger charge is -2.36. The second kappa shape index (κ2) is 6.42. The molecule has 1 saturated carbocycles. The molecule has 0 radical (unpaired) electrons. The summed E-state index contributed by atoms with van der Waals surface area (Å²) >= 11 is 3.56. The van der Waals surface area contributed by atoms with E-state index in [2.05, 4.69) is 21.2 Å². The zero-order valence-electron chi connectivity index (χ0n) is 11.2. The summed E-state index contributed by atoms with van der Waals surface area (Å²) in [5.41, 5.74) is 0.506. The Hall–Kier alpha value is -1.03. The monoisotopic (exact) mass is 325 g/mol. The molecule has 1 aromatic carbocycles. The van der Waals surface area contributed by atoms with Gasteiger partial charge in [0.15, 0.2) is 0 Å². The van der Waals surface area contributed by atoms with Crippen molar-refractivity contribution >= 4 is 21.8 Å². The lowest BCUT2D eigenvalue weighted by molar-refractivity contribution is 0.0883. The molecule has 1 N–H and O–H groups in total. The van der Waals surface area contributed by atoms with E-state index >= 15 is 0 Å². The molecule has 1 aromatic rings. The average molecular weight is 326 g/mol. The molecule has 0 saturated heterocycles. The van der Waals surface area contributed by atoms with Gasteiger partial charge in [0.1, 0.15) is 5.75 Å². The summed E-state index contributed by atoms with van der Waals surface area (Å²) in [6.45, 7) is 0. The Labute approximate surface area is 122 Å². The van der Waals surface area contributed by atoms with Gasteiger partial charge in [0.25, 0.3) is 5.91 Å². The summed E-state index contributed by atoms with van der Waals surface area (Å²) in [7, 11) is 1.59. The van der Waals surface area contributed by atoms with E-state index in [1.54, 1.807) is 13.2 Å². The van der Waals surface area contributed by atoms with Crippen LogP contribution >= 0.6 is 15.9 Å². The van der Waals surface area contributed by atoms with Gasteiger partial charge in [-0.15, -0.1) is 0 Å². The van der Waals surface area contributed by atoms with Crippen molar-refractivity contribution in [3.05, 3.63) is 29.8 Å². The van der Waals surface area contributed by atoms with E-state index in [-0.39, 0.29) is 11.4 Å². The average Bonchev–Trinajstić information content (AvgIpc) is 2.48. The Balaban J connectivity index is 2.15. The van der Waals surface area contributed by atoms with Crippen LogP contribution in [0.2, 0.25) is 0 Å². The zero-order valence-corrected chi connectivity index (χ0v) is 12.8. The van der Waals surface area contributed by atoms with E-state index in [9.17, 15) is 4.79 Å². The molecule has 4 heteroatoms. The quantitative estimate of drug-likeness (QED) is 0.860. The maximum atomic E-state index is 12.4. The van der Waals surface area contributed by atoms with Crippen LogP contribution in [0.5, 0.6) is 5.75 Å². The molecule has 1 amide bonds. The molecular weight excluding hydrogens is 306 g/mol. The number of hydrogen-bond donors (Lipinski definition) is 1. The Bertz CT molecular complexity index is 442. The van der Waals surface area contributed by atoms with Crippen LogP contribution in [0.1, 0.15) is 42.5 Å². The first kappa shape index (κ1) is 14.4. The highest BCUT2D eigenvalue weighted by molar-refractivity contribution is 9.09. The maximum absolute atomic E-state index is 12.4. The molecule has 0 spiro atoms. The number of methoxy groups -OCH3 is 1. The summed E-state index contributed by atoms with van der Waals surface area (Å²) in [4.78, 5) is 12.4. The molecule has 0 aromatic heterocycles. The number of hydrogen-bond acceptors (Lipinski definition) is 2. The number of amides is 1. The summed E-state index contributed by atoms with van der Waals surface area (Å²) in [5, 5.41) is 4.01. The third-order valence-electron chi connectivity index (χ3n) is 3.80. The van der Waals surface area contributed by atoms with Gasteiger partial charge in [-0.3, -0.25) is 4.79 Å². The third kappa shape index (κ3) is 3.30. The minimum absolute atomic E-state index is 0.0428. The largest absolute Gasteiger partial charge is 0.496 e. The minimum Gasteiger partial charge on any atom is -0.496 e. The third-order valence-corrected chi connectivity index (χ3v) is 4.87. The molecule has 1 fully saturated rings. The number of halogens is 1. The topological polar surface area (TPSA) is 38.3 Å². The van der Waals surface area contributed by atoms with Crippen molar-refractivity contribution < 1.29 is 9.53 Å². The lowest BCUT2D eigenvalue weighted by Crippen LogP contribution is -2.51. The number of nitrogens with one attached hydrogen (secondary N) is 1. The van der Waals surface area contributed by atoms with Crippen molar-refractivity contribution in [2.24, 2.45) is 0 Å². The molecule has 0 atom stereocenters. The van der Waals surface area contributed by atoms with E-state index in [4.69, 9.17) is 4.74 Å². The number of rotatable bonds is 4. The summed E-state index contributed by atoms with van der Waals surface area (Å²) in [5.74, 6) is 0.583. The van der Waals surface area contributed by atoms with Crippen LogP contribution in [-0.4, -0.2) is 23.9 Å². The number of carbonyl (C=O) groups is 1. The Morgan fingerprint density at radius 1 is 1.32 bits per heavy atom. The fraction of sp³-hybridized carbons (Fsp3) is 0.533. The second-order valence-corrected chi connectivity index (χ2v) is 5.69. The van der Waals surface area contributed by atoms with E-state index in [1.807, 2.05) is 18.2 Å². The van der Waals surface area contributed by atoms with Crippen molar-refractivity contribution in [3.63, 3.8) is 0 Å². The standard InChI is InChI=1S/C15H20BrNO2/c1-19-13-8-4-3-7-12(13)14(18)17-15(11-16)9-5-2-6-10-15/h3-4,7-8H,2,5-6,9-11H2,1H3,(H,17,18). The summed E-state index contributed by atoms with van der Waals surface area (Å²) in [6, 6.07) is 7.35. The van der Waals surface area contributed by atoms with Gasteiger partial charge in [-0.25, -0.2) is 0 Å². The normalized spacial score (nSPS) is 17.8. The van der Waals surface area contributed by atoms with Gasteiger partial charge in [0, 0.05) is 5.33 Å². The highest BCUT2D eigenvalue weighted by atomic mass is 79.9. The van der Waals surface area contributed by atoms with Gasteiger partial charge < -0.3 is 10.1 Å². The number of benzene rings is 1. The number of para-hydroxylation sites is 1. The van der Waals surface area contributed by atoms with Crippen molar-refractivity contribution in [1.29, 1.82) is 0 Å². The van der Waals surface area contributed by atoms with Crippen LogP contribution in [0, 0.1) is 0 Å². The van der Waals surface area contributed by atoms with Crippen LogP contribution in [0.25, 0.3) is 0 Å². The first-order chi connectivity index (χ1) is 9.21. The minimum atomic E-state index is -0.101. The van der Waals surface area contributed by atoms with Crippen LogP contribution < -0.4 is 10.1 Å². The van der Waals surface area contributed by atoms with Crippen LogP contribution in [0.15, 0.2) is 24.3 Å². The molecular formula is C15H20BrNO2. The van der Waals surface area contributed by atoms with E-state index in [0.717, 1.165) is 18.2 Å². The number of alkyl halides is 1. The zero-order chi connectivity index (χ0) is 13.7. The van der Waals surface area contributed by atoms with Crippen LogP contribution in [0.3, 0.4) is 0 Å². The molecule has 0 aliphatic heterocycles. The predicted molar refractivity (Wildman–Crippen MR) is 80.1 cm³/mol. The highest BCUT2D eigenvalue weighted by Crippen LogP contribution is 2.30. The molecule has 0 heterocycles. The summed E-state index contributed by atoms with van der Waals surface area (Å²) in [6.07, 6.45) is 5.70. The van der Waals surface area contributed by atoms with Crippen molar-refractivity contribution in [2.45, 2.75) is 37.6 Å². The van der Waals surface area contributed by atoms with Gasteiger partial charge >= 0.3 is 0 Å². The van der Waals surface area contributed by atoms with Gasteiger partial charge in [0.05, 0.1) is 18.2 Å². The van der Waals surface area contributed by atoms with Gasteiger partial charge in [-0.05, 0) is 25.0 Å². The van der Waals surface area contributed by atoms with Crippen molar-refractivity contribution in [2.75, 3.05) is 12.4 Å². The van der Waals surface area contributed by atoms with Gasteiger partial charge in [-0.2, -0.15) is 0 Å². The molecule has 0 unspecified atom stereocenters. The van der Waals surface area contributed by atoms with Crippen molar-refractivity contribution in [3.8, 4) is 5.75 Å². The lowest BCUT2D eigenvalue weighted by atomic mass is 9.83. The van der Waals surface area contributed by atoms with E-state index in [0.29, 0.717) is 11.3 Å². The van der Waals surface area contributed by atoms with Gasteiger partial charge in [-0.1, -0.05) is 47.3 Å². The molecule has 19 heavy (non-hydrogen) atoms. The molecule has 1 aliphatic rings. The predicted octanol–water partition coefficient (Wildman–Crippen LogP) is 3.52. The van der Waals surface area contributed by atoms with Crippen molar-refractivity contribution in [1.82, 2.24) is 5.32 Å². The smallest absolute Gasteiger partial charge is 0.255 e. The molecule has 0 bridgehead atoms. The molecule has 2 rings (SSSR count). The first-order valence-corrected chi connectivity index (χ1v) is 7.84. The Kier molecular flexibility index (Phi) is 4.86. The second-order valence-electron chi connectivity index (χ2n) is 5.13. The first-order valence-electron chi connectivity index (χ1n) is 6.72. The number of carbonyl (C=O) groups excluding carboxylic acids is 1. The van der Waals surface area contributed by atoms with E-state index < -0.39 is 0 Å². The fourth-order valence-electron chi connectivity index (χ4n) is 2.66. The molecule has 1 aliphatic carbocycles. The highest BCUT2D eigenvalue weighted by Gasteiger charge is 2.33. The SMILES string of the molecule is COc1ccccc1C(=O)NC1(CBr)CCCCC1. The van der Waals surface area contributed by atoms with Gasteiger partial charge in [0.2, 0.25) is 0 Å². The van der Waals surface area contributed by atoms with Crippen LogP contribution in [-0.2, 0) is 0 Å². The molecule has 104 valence electrons. The Morgan fingerprint density at radius 3 is 2.63 bits per heavy atom. The van der Waals surface area contributed by atoms with Crippen LogP contribution in [0.4, 0.5) is 0 Å². The fourth-order valence-corrected chi connectivity index (χ4v) is 3.36. The maximum Gasteiger partial charge on any atom is 0.255 e. The molecule has 3 nitrogen and oxygen atoms in total. The summed E-state index contributed by atoms with van der Waals surface area (Å²) < 4.78 is 5.25.